The lowest BCUT2D eigenvalue weighted by atomic mass is 9.81. The van der Waals surface area contributed by atoms with Crippen molar-refractivity contribution in [2.75, 3.05) is 20.8 Å². The van der Waals surface area contributed by atoms with Gasteiger partial charge in [-0.05, 0) is 37.0 Å². The summed E-state index contributed by atoms with van der Waals surface area (Å²) in [6.45, 7) is 2.78. The SMILES string of the molecule is CCCN1C(=O)C2(CCCCC2)NC1c1cc(OC)c(O)c(OC)c1. The van der Waals surface area contributed by atoms with Crippen molar-refractivity contribution < 1.29 is 19.4 Å². The molecule has 3 rings (SSSR count). The van der Waals surface area contributed by atoms with E-state index in [1.54, 1.807) is 12.1 Å². The van der Waals surface area contributed by atoms with E-state index in [-0.39, 0.29) is 17.8 Å². The largest absolute Gasteiger partial charge is 0.502 e. The highest BCUT2D eigenvalue weighted by molar-refractivity contribution is 5.89. The van der Waals surface area contributed by atoms with Crippen molar-refractivity contribution in [1.29, 1.82) is 0 Å². The van der Waals surface area contributed by atoms with Crippen LogP contribution in [0.1, 0.15) is 57.2 Å². The first-order chi connectivity index (χ1) is 12.1. The lowest BCUT2D eigenvalue weighted by Crippen LogP contribution is -2.48. The van der Waals surface area contributed by atoms with E-state index >= 15 is 0 Å². The minimum Gasteiger partial charge on any atom is -0.502 e. The molecule has 1 aliphatic carbocycles. The van der Waals surface area contributed by atoms with Gasteiger partial charge in [0.25, 0.3) is 0 Å². The molecular weight excluding hydrogens is 320 g/mol. The van der Waals surface area contributed by atoms with Crippen molar-refractivity contribution in [2.24, 2.45) is 0 Å². The van der Waals surface area contributed by atoms with E-state index in [1.807, 2.05) is 4.90 Å². The second kappa shape index (κ2) is 7.12. The Labute approximate surface area is 149 Å². The molecule has 0 bridgehead atoms. The first-order valence-corrected chi connectivity index (χ1v) is 9.10. The van der Waals surface area contributed by atoms with Crippen molar-refractivity contribution in [3.05, 3.63) is 17.7 Å². The Morgan fingerprint density at radius 3 is 2.32 bits per heavy atom. The van der Waals surface area contributed by atoms with Gasteiger partial charge < -0.3 is 19.5 Å². The molecule has 1 saturated heterocycles. The third-order valence-corrected chi connectivity index (χ3v) is 5.38. The molecule has 6 heteroatoms. The molecule has 1 atom stereocenters. The average molecular weight is 348 g/mol. The highest BCUT2D eigenvalue weighted by Crippen LogP contribution is 2.44. The maximum Gasteiger partial charge on any atom is 0.244 e. The monoisotopic (exact) mass is 348 g/mol. The molecule has 1 heterocycles. The Morgan fingerprint density at radius 1 is 1.20 bits per heavy atom. The van der Waals surface area contributed by atoms with Gasteiger partial charge in [0.2, 0.25) is 11.7 Å². The molecule has 1 aliphatic heterocycles. The van der Waals surface area contributed by atoms with Crippen molar-refractivity contribution >= 4 is 5.91 Å². The van der Waals surface area contributed by atoms with E-state index in [2.05, 4.69) is 12.2 Å². The number of carbonyl (C=O) groups is 1. The fraction of sp³-hybridized carbons (Fsp3) is 0.632. The summed E-state index contributed by atoms with van der Waals surface area (Å²) in [5.41, 5.74) is 0.423. The number of amides is 1. The fourth-order valence-electron chi connectivity index (χ4n) is 4.11. The summed E-state index contributed by atoms with van der Waals surface area (Å²) < 4.78 is 10.6. The van der Waals surface area contributed by atoms with Crippen LogP contribution >= 0.6 is 0 Å². The van der Waals surface area contributed by atoms with Crippen LogP contribution in [0.2, 0.25) is 0 Å². The van der Waals surface area contributed by atoms with Gasteiger partial charge in [0.1, 0.15) is 6.17 Å². The Hall–Kier alpha value is -1.95. The molecule has 1 aromatic rings. The van der Waals surface area contributed by atoms with Gasteiger partial charge in [0, 0.05) is 6.54 Å². The number of methoxy groups -OCH3 is 2. The highest BCUT2D eigenvalue weighted by atomic mass is 16.5. The second-order valence-corrected chi connectivity index (χ2v) is 6.96. The quantitative estimate of drug-likeness (QED) is 0.856. The molecule has 25 heavy (non-hydrogen) atoms. The van der Waals surface area contributed by atoms with E-state index in [1.165, 1.54) is 20.6 Å². The van der Waals surface area contributed by atoms with Crippen LogP contribution < -0.4 is 14.8 Å². The molecule has 1 amide bonds. The van der Waals surface area contributed by atoms with Crippen molar-refractivity contribution in [3.63, 3.8) is 0 Å². The van der Waals surface area contributed by atoms with Crippen LogP contribution in [-0.2, 0) is 4.79 Å². The van der Waals surface area contributed by atoms with Gasteiger partial charge in [-0.25, -0.2) is 0 Å². The zero-order valence-electron chi connectivity index (χ0n) is 15.3. The number of phenols is 1. The van der Waals surface area contributed by atoms with Crippen molar-refractivity contribution in [1.82, 2.24) is 10.2 Å². The summed E-state index contributed by atoms with van der Waals surface area (Å²) in [6, 6.07) is 3.57. The number of rotatable bonds is 5. The Bertz CT molecular complexity index is 615. The number of phenolic OH excluding ortho intramolecular Hbond substituents is 1. The predicted octanol–water partition coefficient (Wildman–Crippen LogP) is 2.95. The predicted molar refractivity (Wildman–Crippen MR) is 94.9 cm³/mol. The van der Waals surface area contributed by atoms with E-state index in [9.17, 15) is 9.90 Å². The highest BCUT2D eigenvalue weighted by Gasteiger charge is 2.51. The summed E-state index contributed by atoms with van der Waals surface area (Å²) in [7, 11) is 3.02. The number of nitrogens with one attached hydrogen (secondary N) is 1. The molecule has 0 aromatic heterocycles. The van der Waals surface area contributed by atoms with Crippen LogP contribution in [-0.4, -0.2) is 42.2 Å². The molecule has 2 aliphatic rings. The van der Waals surface area contributed by atoms with Gasteiger partial charge in [-0.15, -0.1) is 0 Å². The first kappa shape index (κ1) is 17.9. The molecule has 138 valence electrons. The van der Waals surface area contributed by atoms with Crippen LogP contribution in [0.4, 0.5) is 0 Å². The fourth-order valence-corrected chi connectivity index (χ4v) is 4.11. The smallest absolute Gasteiger partial charge is 0.244 e. The Morgan fingerprint density at radius 2 is 1.80 bits per heavy atom. The lowest BCUT2D eigenvalue weighted by Gasteiger charge is -2.31. The van der Waals surface area contributed by atoms with Crippen LogP contribution in [0.5, 0.6) is 17.2 Å². The standard InChI is InChI=1S/C19H28N2O4/c1-4-10-21-17(20-19(18(21)23)8-6-5-7-9-19)13-11-14(24-2)16(22)15(12-13)25-3/h11-12,17,20,22H,4-10H2,1-3H3. The maximum atomic E-state index is 13.2. The minimum absolute atomic E-state index is 0.0208. The number of hydrogen-bond acceptors (Lipinski definition) is 5. The zero-order valence-corrected chi connectivity index (χ0v) is 15.3. The Balaban J connectivity index is 2.00. The molecule has 1 aromatic carbocycles. The van der Waals surface area contributed by atoms with Gasteiger partial charge in [0.05, 0.1) is 19.8 Å². The summed E-state index contributed by atoms with van der Waals surface area (Å²) in [5, 5.41) is 13.8. The molecule has 2 fully saturated rings. The molecule has 2 N–H and O–H groups in total. The van der Waals surface area contributed by atoms with Crippen LogP contribution in [0, 0.1) is 0 Å². The molecular formula is C19H28N2O4. The summed E-state index contributed by atoms with van der Waals surface area (Å²) in [5.74, 6) is 0.881. The summed E-state index contributed by atoms with van der Waals surface area (Å²) >= 11 is 0. The van der Waals surface area contributed by atoms with Gasteiger partial charge in [-0.1, -0.05) is 26.2 Å². The minimum atomic E-state index is -0.448. The third kappa shape index (κ3) is 3.03. The summed E-state index contributed by atoms with van der Waals surface area (Å²) in [6.07, 6.45) is 5.78. The van der Waals surface area contributed by atoms with Crippen LogP contribution in [0.25, 0.3) is 0 Å². The average Bonchev–Trinajstić information content (AvgIpc) is 2.89. The number of hydrogen-bond donors (Lipinski definition) is 2. The number of benzene rings is 1. The maximum absolute atomic E-state index is 13.2. The Kier molecular flexibility index (Phi) is 5.08. The number of aromatic hydroxyl groups is 1. The number of carbonyl (C=O) groups excluding carboxylic acids is 1. The number of ether oxygens (including phenoxy) is 2. The van der Waals surface area contributed by atoms with E-state index < -0.39 is 5.54 Å². The van der Waals surface area contributed by atoms with Crippen LogP contribution in [0.3, 0.4) is 0 Å². The first-order valence-electron chi connectivity index (χ1n) is 9.10. The number of nitrogens with zero attached hydrogens (tertiary/aromatic N) is 1. The molecule has 0 radical (unpaired) electrons. The molecule has 1 saturated carbocycles. The van der Waals surface area contributed by atoms with Crippen LogP contribution in [0.15, 0.2) is 12.1 Å². The van der Waals surface area contributed by atoms with Gasteiger partial charge >= 0.3 is 0 Å². The summed E-state index contributed by atoms with van der Waals surface area (Å²) in [4.78, 5) is 15.1. The van der Waals surface area contributed by atoms with Gasteiger partial charge in [0.15, 0.2) is 11.5 Å². The van der Waals surface area contributed by atoms with Gasteiger partial charge in [-0.3, -0.25) is 10.1 Å². The topological polar surface area (TPSA) is 71.0 Å². The third-order valence-electron chi connectivity index (χ3n) is 5.38. The zero-order chi connectivity index (χ0) is 18.0. The van der Waals surface area contributed by atoms with Crippen molar-refractivity contribution in [3.8, 4) is 17.2 Å². The lowest BCUT2D eigenvalue weighted by molar-refractivity contribution is -0.134. The van der Waals surface area contributed by atoms with Gasteiger partial charge in [-0.2, -0.15) is 0 Å². The van der Waals surface area contributed by atoms with E-state index in [0.29, 0.717) is 18.0 Å². The van der Waals surface area contributed by atoms with E-state index in [0.717, 1.165) is 37.7 Å². The molecule has 1 unspecified atom stereocenters. The van der Waals surface area contributed by atoms with E-state index in [4.69, 9.17) is 9.47 Å². The molecule has 1 spiro atoms. The molecule has 6 nitrogen and oxygen atoms in total. The normalized spacial score (nSPS) is 22.4. The second-order valence-electron chi connectivity index (χ2n) is 6.96. The van der Waals surface area contributed by atoms with Crippen molar-refractivity contribution in [2.45, 2.75) is 57.2 Å².